The summed E-state index contributed by atoms with van der Waals surface area (Å²) in [6.45, 7) is -0.622. The molecule has 2 aromatic rings. The Morgan fingerprint density at radius 2 is 2.03 bits per heavy atom. The van der Waals surface area contributed by atoms with E-state index in [1.54, 1.807) is 36.4 Å². The van der Waals surface area contributed by atoms with Crippen molar-refractivity contribution in [2.45, 2.75) is 24.2 Å². The molecule has 1 aliphatic carbocycles. The van der Waals surface area contributed by atoms with E-state index in [1.807, 2.05) is 6.07 Å². The van der Waals surface area contributed by atoms with E-state index in [4.69, 9.17) is 14.9 Å². The molecular formula is C23H17N3O6. The van der Waals surface area contributed by atoms with Gasteiger partial charge in [-0.15, -0.1) is 0 Å². The van der Waals surface area contributed by atoms with Crippen LogP contribution in [0, 0.1) is 11.3 Å². The van der Waals surface area contributed by atoms with Crippen molar-refractivity contribution < 1.29 is 28.6 Å². The van der Waals surface area contributed by atoms with Crippen molar-refractivity contribution in [3.05, 3.63) is 76.8 Å². The molecule has 3 heterocycles. The van der Waals surface area contributed by atoms with Crippen LogP contribution < -0.4 is 10.6 Å². The molecule has 2 aliphatic heterocycles. The second-order valence-electron chi connectivity index (χ2n) is 7.85. The molecule has 1 spiro atoms. The number of nitriles is 1. The van der Waals surface area contributed by atoms with Crippen molar-refractivity contribution in [2.24, 2.45) is 5.73 Å². The first-order valence-electron chi connectivity index (χ1n) is 9.91. The smallest absolute Gasteiger partial charge is 0.323 e. The zero-order valence-electron chi connectivity index (χ0n) is 16.7. The lowest BCUT2D eigenvalue weighted by Crippen LogP contribution is -2.50. The Balaban J connectivity index is 1.77. The molecule has 160 valence electrons. The van der Waals surface area contributed by atoms with Gasteiger partial charge in [-0.05, 0) is 18.2 Å². The quantitative estimate of drug-likeness (QED) is 0.751. The number of para-hydroxylation sites is 1. The number of hydrogen-bond donors (Lipinski definition) is 2. The molecule has 0 saturated carbocycles. The third-order valence-electron chi connectivity index (χ3n) is 6.17. The van der Waals surface area contributed by atoms with Gasteiger partial charge >= 0.3 is 5.97 Å². The summed E-state index contributed by atoms with van der Waals surface area (Å²) in [6.07, 6.45) is 1.80. The molecule has 32 heavy (non-hydrogen) atoms. The molecule has 1 aromatic carbocycles. The molecule has 0 fully saturated rings. The first kappa shape index (κ1) is 19.6. The van der Waals surface area contributed by atoms with Crippen LogP contribution in [0.4, 0.5) is 5.69 Å². The Morgan fingerprint density at radius 3 is 2.72 bits per heavy atom. The monoisotopic (exact) mass is 431 g/mol. The van der Waals surface area contributed by atoms with Crippen LogP contribution in [0.1, 0.15) is 30.1 Å². The summed E-state index contributed by atoms with van der Waals surface area (Å²) in [6, 6.07) is 11.9. The predicted molar refractivity (Wildman–Crippen MR) is 109 cm³/mol. The normalized spacial score (nSPS) is 24.3. The van der Waals surface area contributed by atoms with E-state index in [1.165, 1.54) is 6.26 Å². The number of fused-ring (bicyclic) bond motifs is 3. The topological polar surface area (TPSA) is 147 Å². The average molecular weight is 431 g/mol. The Morgan fingerprint density at radius 1 is 1.25 bits per heavy atom. The number of aliphatic carboxylic acids is 1. The largest absolute Gasteiger partial charge is 0.480 e. The van der Waals surface area contributed by atoms with E-state index in [9.17, 15) is 24.8 Å². The molecule has 0 radical (unpaired) electrons. The zero-order valence-corrected chi connectivity index (χ0v) is 16.7. The van der Waals surface area contributed by atoms with Gasteiger partial charge in [-0.2, -0.15) is 5.26 Å². The minimum Gasteiger partial charge on any atom is -0.480 e. The maximum atomic E-state index is 13.9. The van der Waals surface area contributed by atoms with Gasteiger partial charge in [0, 0.05) is 30.0 Å². The number of benzene rings is 1. The van der Waals surface area contributed by atoms with Gasteiger partial charge in [-0.25, -0.2) is 0 Å². The second kappa shape index (κ2) is 6.85. The van der Waals surface area contributed by atoms with Gasteiger partial charge in [0.15, 0.2) is 5.78 Å². The van der Waals surface area contributed by atoms with Crippen LogP contribution in [0.5, 0.6) is 0 Å². The van der Waals surface area contributed by atoms with Gasteiger partial charge in [-0.3, -0.25) is 19.3 Å². The maximum absolute atomic E-state index is 13.9. The van der Waals surface area contributed by atoms with Crippen molar-refractivity contribution in [1.29, 1.82) is 5.26 Å². The molecule has 1 aromatic heterocycles. The highest BCUT2D eigenvalue weighted by Crippen LogP contribution is 2.56. The fraction of sp³-hybridized carbons (Fsp3) is 0.217. The van der Waals surface area contributed by atoms with Crippen LogP contribution in [0.15, 0.2) is 69.9 Å². The van der Waals surface area contributed by atoms with Gasteiger partial charge < -0.3 is 20.0 Å². The number of ether oxygens (including phenoxy) is 1. The fourth-order valence-electron chi connectivity index (χ4n) is 4.98. The Labute approximate surface area is 182 Å². The lowest BCUT2D eigenvalue weighted by Gasteiger charge is -2.38. The summed E-state index contributed by atoms with van der Waals surface area (Å²) in [7, 11) is 0. The summed E-state index contributed by atoms with van der Waals surface area (Å²) in [5.74, 6) is -2.11. The number of ketones is 1. The number of amides is 1. The number of carbonyl (C=O) groups is 3. The van der Waals surface area contributed by atoms with Crippen LogP contribution in [-0.4, -0.2) is 29.3 Å². The summed E-state index contributed by atoms with van der Waals surface area (Å²) in [4.78, 5) is 40.0. The number of carboxylic acid groups (broad SMARTS) is 1. The first-order valence-corrected chi connectivity index (χ1v) is 9.91. The molecule has 3 aliphatic rings. The SMILES string of the molecule is N#CC1=C(N)OC2=C(C(=O)CC(c3ccco3)C2)C12C(=O)N(CC(=O)O)c1ccccc12. The minimum atomic E-state index is -1.84. The lowest BCUT2D eigenvalue weighted by atomic mass is 9.64. The number of carbonyl (C=O) groups excluding carboxylic acids is 2. The molecule has 1 amide bonds. The Hall–Kier alpha value is -4.32. The molecule has 2 atom stereocenters. The number of nitrogens with zero attached hydrogens (tertiary/aromatic N) is 2. The van der Waals surface area contributed by atoms with Gasteiger partial charge in [0.25, 0.3) is 0 Å². The third-order valence-corrected chi connectivity index (χ3v) is 6.17. The second-order valence-corrected chi connectivity index (χ2v) is 7.85. The number of allylic oxidation sites excluding steroid dienone is 1. The van der Waals surface area contributed by atoms with Gasteiger partial charge in [0.05, 0.1) is 11.8 Å². The van der Waals surface area contributed by atoms with Gasteiger partial charge in [0.1, 0.15) is 35.1 Å². The van der Waals surface area contributed by atoms with E-state index in [0.717, 1.165) is 4.90 Å². The minimum absolute atomic E-state index is 0.0383. The van der Waals surface area contributed by atoms with Gasteiger partial charge in [-0.1, -0.05) is 18.2 Å². The summed E-state index contributed by atoms with van der Waals surface area (Å²) in [5, 5.41) is 19.4. The molecular weight excluding hydrogens is 414 g/mol. The Kier molecular flexibility index (Phi) is 4.20. The van der Waals surface area contributed by atoms with Crippen molar-refractivity contribution in [3.63, 3.8) is 0 Å². The molecule has 0 bridgehead atoms. The highest BCUT2D eigenvalue weighted by atomic mass is 16.5. The molecule has 3 N–H and O–H groups in total. The van der Waals surface area contributed by atoms with Crippen LogP contribution in [0.3, 0.4) is 0 Å². The molecule has 5 rings (SSSR count). The highest BCUT2D eigenvalue weighted by Gasteiger charge is 2.62. The van der Waals surface area contributed by atoms with E-state index in [2.05, 4.69) is 0 Å². The number of furan rings is 1. The van der Waals surface area contributed by atoms with E-state index < -0.39 is 23.8 Å². The fourth-order valence-corrected chi connectivity index (χ4v) is 4.98. The summed E-state index contributed by atoms with van der Waals surface area (Å²) in [5.41, 5.74) is 4.74. The number of nitrogens with two attached hydrogens (primary N) is 1. The number of rotatable bonds is 3. The lowest BCUT2D eigenvalue weighted by molar-refractivity contribution is -0.136. The number of anilines is 1. The van der Waals surface area contributed by atoms with Crippen LogP contribution >= 0.6 is 0 Å². The number of carboxylic acids is 1. The summed E-state index contributed by atoms with van der Waals surface area (Å²) < 4.78 is 11.2. The first-order chi connectivity index (χ1) is 15.4. The third kappa shape index (κ3) is 2.46. The van der Waals surface area contributed by atoms with Crippen LogP contribution in [-0.2, 0) is 24.5 Å². The standard InChI is InChI=1S/C23H17N3O6/c24-10-14-21(25)32-18-9-12(17-6-3-7-31-17)8-16(27)20(18)23(14)13-4-1-2-5-15(13)26(22(23)30)11-19(28)29/h1-7,12H,8-9,11,25H2,(H,28,29). The maximum Gasteiger partial charge on any atom is 0.323 e. The van der Waals surface area contributed by atoms with Crippen molar-refractivity contribution in [2.75, 3.05) is 11.4 Å². The van der Waals surface area contributed by atoms with Crippen molar-refractivity contribution in [1.82, 2.24) is 0 Å². The predicted octanol–water partition coefficient (Wildman–Crippen LogP) is 2.07. The Bertz CT molecular complexity index is 1280. The van der Waals surface area contributed by atoms with Crippen LogP contribution in [0.25, 0.3) is 0 Å². The van der Waals surface area contributed by atoms with E-state index in [-0.39, 0.29) is 47.3 Å². The van der Waals surface area contributed by atoms with E-state index >= 15 is 0 Å². The average Bonchev–Trinajstić information content (AvgIpc) is 3.37. The molecule has 9 nitrogen and oxygen atoms in total. The molecule has 2 unspecified atom stereocenters. The van der Waals surface area contributed by atoms with Crippen molar-refractivity contribution in [3.8, 4) is 6.07 Å². The zero-order chi connectivity index (χ0) is 22.6. The van der Waals surface area contributed by atoms with Gasteiger partial charge in [0.2, 0.25) is 11.8 Å². The van der Waals surface area contributed by atoms with Crippen molar-refractivity contribution >= 4 is 23.3 Å². The summed E-state index contributed by atoms with van der Waals surface area (Å²) >= 11 is 0. The number of hydrogen-bond acceptors (Lipinski definition) is 7. The number of Topliss-reactive ketones (excluding diaryl/α,β-unsaturated/α-hetero) is 1. The molecule has 0 saturated heterocycles. The van der Waals surface area contributed by atoms with Crippen LogP contribution in [0.2, 0.25) is 0 Å². The molecule has 9 heteroatoms. The van der Waals surface area contributed by atoms with E-state index in [0.29, 0.717) is 17.0 Å². The highest BCUT2D eigenvalue weighted by molar-refractivity contribution is 6.21.